The molecule has 0 amide bonds. The summed E-state index contributed by atoms with van der Waals surface area (Å²) in [6.07, 6.45) is 5.07. The van der Waals surface area contributed by atoms with Crippen LogP contribution < -0.4 is 5.73 Å². The fourth-order valence-corrected chi connectivity index (χ4v) is 1.23. The Morgan fingerprint density at radius 2 is 1.94 bits per heavy atom. The lowest BCUT2D eigenvalue weighted by Gasteiger charge is -2.14. The second-order valence-corrected chi connectivity index (χ2v) is 3.73. The van der Waals surface area contributed by atoms with Crippen molar-refractivity contribution >= 4 is 5.97 Å². The Morgan fingerprint density at radius 3 is 2.38 bits per heavy atom. The summed E-state index contributed by atoms with van der Waals surface area (Å²) in [4.78, 5) is 11.5. The number of terminal acetylenes is 1. The molecule has 0 aliphatic rings. The van der Waals surface area contributed by atoms with Crippen LogP contribution in [0.2, 0.25) is 0 Å². The van der Waals surface area contributed by atoms with Crippen LogP contribution in [-0.4, -0.2) is 12.1 Å². The SMILES string of the molecule is C#Cc1ccc(C(N)C(=O)OC(C)C)cc1. The second kappa shape index (κ2) is 5.34. The average molecular weight is 217 g/mol. The van der Waals surface area contributed by atoms with Crippen LogP contribution in [0.3, 0.4) is 0 Å². The molecule has 2 N–H and O–H groups in total. The molecule has 0 spiro atoms. The molecule has 0 bridgehead atoms. The maximum absolute atomic E-state index is 11.5. The third kappa shape index (κ3) is 3.11. The number of carbonyl (C=O) groups excluding carboxylic acids is 1. The Kier molecular flexibility index (Phi) is 4.10. The van der Waals surface area contributed by atoms with Gasteiger partial charge in [-0.1, -0.05) is 18.1 Å². The van der Waals surface area contributed by atoms with Crippen LogP contribution in [0.25, 0.3) is 0 Å². The molecule has 0 aliphatic carbocycles. The van der Waals surface area contributed by atoms with Gasteiger partial charge in [0.05, 0.1) is 6.10 Å². The van der Waals surface area contributed by atoms with Crippen LogP contribution in [-0.2, 0) is 9.53 Å². The van der Waals surface area contributed by atoms with Crippen molar-refractivity contribution < 1.29 is 9.53 Å². The molecule has 0 aliphatic heterocycles. The standard InChI is InChI=1S/C13H15NO2/c1-4-10-5-7-11(8-6-10)12(14)13(15)16-9(2)3/h1,5-9,12H,14H2,2-3H3. The van der Waals surface area contributed by atoms with Crippen LogP contribution in [0.4, 0.5) is 0 Å². The molecule has 3 nitrogen and oxygen atoms in total. The van der Waals surface area contributed by atoms with Crippen LogP contribution >= 0.6 is 0 Å². The maximum atomic E-state index is 11.5. The summed E-state index contributed by atoms with van der Waals surface area (Å²) in [5, 5.41) is 0. The number of ether oxygens (including phenoxy) is 1. The van der Waals surface area contributed by atoms with Crippen LogP contribution in [0.15, 0.2) is 24.3 Å². The molecule has 1 atom stereocenters. The van der Waals surface area contributed by atoms with Crippen molar-refractivity contribution in [3.63, 3.8) is 0 Å². The van der Waals surface area contributed by atoms with E-state index in [1.54, 1.807) is 38.1 Å². The number of hydrogen-bond acceptors (Lipinski definition) is 3. The van der Waals surface area contributed by atoms with E-state index >= 15 is 0 Å². The molecule has 1 unspecified atom stereocenters. The van der Waals surface area contributed by atoms with Crippen molar-refractivity contribution in [2.75, 3.05) is 0 Å². The first-order valence-corrected chi connectivity index (χ1v) is 5.07. The summed E-state index contributed by atoms with van der Waals surface area (Å²) in [6.45, 7) is 3.57. The minimum atomic E-state index is -0.755. The molecule has 0 fully saturated rings. The largest absolute Gasteiger partial charge is 0.462 e. The first-order valence-electron chi connectivity index (χ1n) is 5.07. The molecule has 84 valence electrons. The molecule has 0 radical (unpaired) electrons. The molecular formula is C13H15NO2. The predicted molar refractivity (Wildman–Crippen MR) is 62.5 cm³/mol. The minimum absolute atomic E-state index is 0.163. The van der Waals surface area contributed by atoms with Crippen LogP contribution in [0.1, 0.15) is 31.0 Å². The van der Waals surface area contributed by atoms with E-state index in [-0.39, 0.29) is 6.10 Å². The van der Waals surface area contributed by atoms with Gasteiger partial charge in [-0.3, -0.25) is 0 Å². The first-order chi connectivity index (χ1) is 7.54. The van der Waals surface area contributed by atoms with Gasteiger partial charge < -0.3 is 10.5 Å². The first kappa shape index (κ1) is 12.3. The van der Waals surface area contributed by atoms with E-state index in [0.717, 1.165) is 5.56 Å². The van der Waals surface area contributed by atoms with E-state index in [4.69, 9.17) is 16.9 Å². The molecule has 0 saturated heterocycles. The van der Waals surface area contributed by atoms with Gasteiger partial charge in [-0.25, -0.2) is 4.79 Å². The lowest BCUT2D eigenvalue weighted by Crippen LogP contribution is -2.26. The summed E-state index contributed by atoms with van der Waals surface area (Å²) in [5.74, 6) is 2.07. The monoisotopic (exact) mass is 217 g/mol. The molecule has 1 aromatic rings. The summed E-state index contributed by atoms with van der Waals surface area (Å²) in [6, 6.07) is 6.22. The fourth-order valence-electron chi connectivity index (χ4n) is 1.23. The number of nitrogens with two attached hydrogens (primary N) is 1. The van der Waals surface area contributed by atoms with Crippen LogP contribution in [0, 0.1) is 12.3 Å². The minimum Gasteiger partial charge on any atom is -0.462 e. The molecular weight excluding hydrogens is 202 g/mol. The zero-order valence-electron chi connectivity index (χ0n) is 9.44. The number of esters is 1. The van der Waals surface area contributed by atoms with E-state index in [0.29, 0.717) is 5.56 Å². The normalized spacial score (nSPS) is 11.9. The Morgan fingerprint density at radius 1 is 1.38 bits per heavy atom. The van der Waals surface area contributed by atoms with Crippen LogP contribution in [0.5, 0.6) is 0 Å². The van der Waals surface area contributed by atoms with E-state index in [9.17, 15) is 4.79 Å². The highest BCUT2D eigenvalue weighted by Crippen LogP contribution is 2.13. The molecule has 0 aromatic heterocycles. The Labute approximate surface area is 95.6 Å². The van der Waals surface area contributed by atoms with Gasteiger partial charge in [-0.2, -0.15) is 0 Å². The van der Waals surface area contributed by atoms with E-state index in [2.05, 4.69) is 5.92 Å². The van der Waals surface area contributed by atoms with Crippen molar-refractivity contribution in [2.24, 2.45) is 5.73 Å². The lowest BCUT2D eigenvalue weighted by molar-refractivity contribution is -0.149. The Balaban J connectivity index is 2.76. The Hall–Kier alpha value is -1.79. The summed E-state index contributed by atoms with van der Waals surface area (Å²) >= 11 is 0. The Bertz CT molecular complexity index is 401. The summed E-state index contributed by atoms with van der Waals surface area (Å²) in [7, 11) is 0. The van der Waals surface area contributed by atoms with Crippen molar-refractivity contribution in [2.45, 2.75) is 26.0 Å². The highest BCUT2D eigenvalue weighted by atomic mass is 16.5. The third-order valence-corrected chi connectivity index (χ3v) is 2.04. The number of carbonyl (C=O) groups is 1. The van der Waals surface area contributed by atoms with Crippen molar-refractivity contribution in [3.05, 3.63) is 35.4 Å². The van der Waals surface area contributed by atoms with Gasteiger partial charge in [-0.05, 0) is 31.5 Å². The zero-order chi connectivity index (χ0) is 12.1. The topological polar surface area (TPSA) is 52.3 Å². The van der Waals surface area contributed by atoms with Crippen molar-refractivity contribution in [1.82, 2.24) is 0 Å². The highest BCUT2D eigenvalue weighted by molar-refractivity contribution is 5.77. The van der Waals surface area contributed by atoms with Gasteiger partial charge in [0.15, 0.2) is 0 Å². The van der Waals surface area contributed by atoms with Gasteiger partial charge in [0.1, 0.15) is 6.04 Å². The van der Waals surface area contributed by atoms with Crippen molar-refractivity contribution in [3.8, 4) is 12.3 Å². The smallest absolute Gasteiger partial charge is 0.327 e. The lowest BCUT2D eigenvalue weighted by atomic mass is 10.1. The zero-order valence-corrected chi connectivity index (χ0v) is 9.44. The fraction of sp³-hybridized carbons (Fsp3) is 0.308. The average Bonchev–Trinajstić information content (AvgIpc) is 2.27. The number of rotatable bonds is 3. The molecule has 16 heavy (non-hydrogen) atoms. The van der Waals surface area contributed by atoms with Crippen molar-refractivity contribution in [1.29, 1.82) is 0 Å². The molecule has 0 saturated carbocycles. The van der Waals surface area contributed by atoms with E-state index < -0.39 is 12.0 Å². The highest BCUT2D eigenvalue weighted by Gasteiger charge is 2.18. The van der Waals surface area contributed by atoms with Gasteiger partial charge in [0.25, 0.3) is 0 Å². The second-order valence-electron chi connectivity index (χ2n) is 3.73. The van der Waals surface area contributed by atoms with Gasteiger partial charge in [0, 0.05) is 5.56 Å². The summed E-state index contributed by atoms with van der Waals surface area (Å²) in [5.41, 5.74) is 7.21. The summed E-state index contributed by atoms with van der Waals surface area (Å²) < 4.78 is 5.02. The van der Waals surface area contributed by atoms with E-state index in [1.165, 1.54) is 0 Å². The molecule has 1 rings (SSSR count). The number of benzene rings is 1. The predicted octanol–water partition coefficient (Wildman–Crippen LogP) is 1.62. The maximum Gasteiger partial charge on any atom is 0.327 e. The quantitative estimate of drug-likeness (QED) is 0.618. The molecule has 3 heteroatoms. The van der Waals surface area contributed by atoms with Gasteiger partial charge in [0.2, 0.25) is 0 Å². The third-order valence-electron chi connectivity index (χ3n) is 2.04. The molecule has 0 heterocycles. The van der Waals surface area contributed by atoms with Gasteiger partial charge >= 0.3 is 5.97 Å². The molecule has 1 aromatic carbocycles. The van der Waals surface area contributed by atoms with E-state index in [1.807, 2.05) is 0 Å². The van der Waals surface area contributed by atoms with Gasteiger partial charge in [-0.15, -0.1) is 6.42 Å². The number of hydrogen-bond donors (Lipinski definition) is 1.